The lowest BCUT2D eigenvalue weighted by Gasteiger charge is -2.03. The summed E-state index contributed by atoms with van der Waals surface area (Å²) in [5.41, 5.74) is 0.509. The number of aromatic nitrogens is 4. The van der Waals surface area contributed by atoms with E-state index in [0.29, 0.717) is 13.2 Å². The van der Waals surface area contributed by atoms with Crippen LogP contribution < -0.4 is 5.69 Å². The molecular weight excluding hydrogens is 220 g/mol. The molecule has 0 amide bonds. The molecular formula is C11H12N4O2. The van der Waals surface area contributed by atoms with E-state index < -0.39 is 0 Å². The zero-order valence-corrected chi connectivity index (χ0v) is 9.19. The number of rotatable bonds is 2. The van der Waals surface area contributed by atoms with Crippen molar-refractivity contribution in [2.45, 2.75) is 12.5 Å². The lowest BCUT2D eigenvalue weighted by Crippen LogP contribution is -2.28. The standard InChI is InChI=1S/C11H12N4O2/c16-11-14(9-4-2-1-3-5-9)12-13-15(11)10-6-7-17-8-10/h1-5,10H,6-8H2. The number of hydrogen-bond acceptors (Lipinski definition) is 4. The van der Waals surface area contributed by atoms with Crippen LogP contribution in [0.15, 0.2) is 35.1 Å². The molecule has 0 saturated carbocycles. The maximum atomic E-state index is 12.1. The summed E-state index contributed by atoms with van der Waals surface area (Å²) in [6, 6.07) is 9.28. The van der Waals surface area contributed by atoms with Gasteiger partial charge in [0, 0.05) is 6.61 Å². The van der Waals surface area contributed by atoms with E-state index in [-0.39, 0.29) is 11.7 Å². The SMILES string of the molecule is O=c1n(-c2ccccc2)nnn1C1CCOC1. The zero-order chi connectivity index (χ0) is 11.7. The molecule has 6 heteroatoms. The monoisotopic (exact) mass is 232 g/mol. The summed E-state index contributed by atoms with van der Waals surface area (Å²) in [7, 11) is 0. The van der Waals surface area contributed by atoms with E-state index in [1.165, 1.54) is 9.36 Å². The summed E-state index contributed by atoms with van der Waals surface area (Å²) in [6.45, 7) is 1.21. The van der Waals surface area contributed by atoms with Crippen LogP contribution in [-0.4, -0.2) is 33.0 Å². The molecule has 0 aliphatic carbocycles. The number of tetrazole rings is 1. The van der Waals surface area contributed by atoms with Crippen LogP contribution in [0.5, 0.6) is 0 Å². The summed E-state index contributed by atoms with van der Waals surface area (Å²) in [4.78, 5) is 12.1. The number of ether oxygens (including phenoxy) is 1. The van der Waals surface area contributed by atoms with E-state index in [1.54, 1.807) is 0 Å². The summed E-state index contributed by atoms with van der Waals surface area (Å²) in [6.07, 6.45) is 0.813. The maximum Gasteiger partial charge on any atom is 0.368 e. The van der Waals surface area contributed by atoms with Gasteiger partial charge < -0.3 is 4.74 Å². The van der Waals surface area contributed by atoms with Gasteiger partial charge in [0.2, 0.25) is 0 Å². The lowest BCUT2D eigenvalue weighted by atomic mass is 10.3. The van der Waals surface area contributed by atoms with Crippen molar-refractivity contribution < 1.29 is 4.74 Å². The van der Waals surface area contributed by atoms with Crippen LogP contribution in [0, 0.1) is 0 Å². The Morgan fingerprint density at radius 1 is 1.24 bits per heavy atom. The second-order valence-corrected chi connectivity index (χ2v) is 3.97. The highest BCUT2D eigenvalue weighted by Crippen LogP contribution is 2.15. The van der Waals surface area contributed by atoms with Gasteiger partial charge >= 0.3 is 5.69 Å². The van der Waals surface area contributed by atoms with Gasteiger partial charge in [0.25, 0.3) is 0 Å². The van der Waals surface area contributed by atoms with E-state index >= 15 is 0 Å². The highest BCUT2D eigenvalue weighted by atomic mass is 16.5. The van der Waals surface area contributed by atoms with Gasteiger partial charge in [0.15, 0.2) is 0 Å². The molecule has 1 aliphatic heterocycles. The van der Waals surface area contributed by atoms with Crippen LogP contribution in [0.4, 0.5) is 0 Å². The van der Waals surface area contributed by atoms with Crippen molar-refractivity contribution in [3.05, 3.63) is 40.8 Å². The van der Waals surface area contributed by atoms with E-state index in [1.807, 2.05) is 30.3 Å². The minimum absolute atomic E-state index is 0.0139. The topological polar surface area (TPSA) is 61.9 Å². The minimum Gasteiger partial charge on any atom is -0.379 e. The van der Waals surface area contributed by atoms with Gasteiger partial charge in [-0.1, -0.05) is 18.2 Å². The predicted octanol–water partition coefficient (Wildman–Crippen LogP) is 0.390. The molecule has 0 N–H and O–H groups in total. The Morgan fingerprint density at radius 2 is 2.06 bits per heavy atom. The number of para-hydroxylation sites is 1. The fraction of sp³-hybridized carbons (Fsp3) is 0.364. The van der Waals surface area contributed by atoms with Crippen molar-refractivity contribution in [1.29, 1.82) is 0 Å². The Bertz CT molecular complexity index is 554. The Balaban J connectivity index is 2.01. The Hall–Kier alpha value is -1.95. The highest BCUT2D eigenvalue weighted by molar-refractivity contribution is 5.28. The van der Waals surface area contributed by atoms with Gasteiger partial charge in [-0.15, -0.1) is 0 Å². The first kappa shape index (κ1) is 10.2. The van der Waals surface area contributed by atoms with E-state index in [0.717, 1.165) is 12.1 Å². The first-order chi connectivity index (χ1) is 8.36. The third kappa shape index (κ3) is 1.76. The first-order valence-corrected chi connectivity index (χ1v) is 5.54. The molecule has 2 aromatic rings. The third-order valence-electron chi connectivity index (χ3n) is 2.86. The molecule has 1 atom stereocenters. The number of nitrogens with zero attached hydrogens (tertiary/aromatic N) is 4. The van der Waals surface area contributed by atoms with Crippen molar-refractivity contribution in [3.63, 3.8) is 0 Å². The van der Waals surface area contributed by atoms with Gasteiger partial charge in [-0.25, -0.2) is 4.79 Å². The van der Waals surface area contributed by atoms with Gasteiger partial charge in [-0.05, 0) is 29.0 Å². The second-order valence-electron chi connectivity index (χ2n) is 3.97. The van der Waals surface area contributed by atoms with Crippen LogP contribution >= 0.6 is 0 Å². The average Bonchev–Trinajstić information content (AvgIpc) is 2.99. The third-order valence-corrected chi connectivity index (χ3v) is 2.86. The summed E-state index contributed by atoms with van der Waals surface area (Å²) >= 11 is 0. The summed E-state index contributed by atoms with van der Waals surface area (Å²) < 4.78 is 7.95. The van der Waals surface area contributed by atoms with Crippen LogP contribution in [0.1, 0.15) is 12.5 Å². The first-order valence-electron chi connectivity index (χ1n) is 5.54. The molecule has 0 spiro atoms. The molecule has 0 radical (unpaired) electrons. The van der Waals surface area contributed by atoms with Crippen LogP contribution in [0.2, 0.25) is 0 Å². The molecule has 3 rings (SSSR count). The van der Waals surface area contributed by atoms with Crippen LogP contribution in [-0.2, 0) is 4.74 Å². The molecule has 1 aromatic heterocycles. The van der Waals surface area contributed by atoms with Crippen molar-refractivity contribution in [3.8, 4) is 5.69 Å². The molecule has 0 bridgehead atoms. The van der Waals surface area contributed by atoms with Crippen molar-refractivity contribution in [2.75, 3.05) is 13.2 Å². The molecule has 2 heterocycles. The maximum absolute atomic E-state index is 12.1. The fourth-order valence-electron chi connectivity index (χ4n) is 1.93. The van der Waals surface area contributed by atoms with Gasteiger partial charge in [-0.2, -0.15) is 9.36 Å². The zero-order valence-electron chi connectivity index (χ0n) is 9.19. The van der Waals surface area contributed by atoms with Crippen molar-refractivity contribution >= 4 is 0 Å². The molecule has 1 aliphatic rings. The normalized spacial score (nSPS) is 19.6. The number of benzene rings is 1. The lowest BCUT2D eigenvalue weighted by molar-refractivity contribution is 0.183. The van der Waals surface area contributed by atoms with Gasteiger partial charge in [-0.3, -0.25) is 0 Å². The minimum atomic E-state index is -0.216. The molecule has 1 aromatic carbocycles. The van der Waals surface area contributed by atoms with Crippen molar-refractivity contribution in [1.82, 2.24) is 19.8 Å². The van der Waals surface area contributed by atoms with E-state index in [2.05, 4.69) is 10.4 Å². The molecule has 1 fully saturated rings. The average molecular weight is 232 g/mol. The highest BCUT2D eigenvalue weighted by Gasteiger charge is 2.22. The smallest absolute Gasteiger partial charge is 0.368 e. The van der Waals surface area contributed by atoms with E-state index in [9.17, 15) is 4.79 Å². The molecule has 1 saturated heterocycles. The second kappa shape index (κ2) is 4.14. The number of hydrogen-bond donors (Lipinski definition) is 0. The fourth-order valence-corrected chi connectivity index (χ4v) is 1.93. The molecule has 17 heavy (non-hydrogen) atoms. The molecule has 88 valence electrons. The summed E-state index contributed by atoms with van der Waals surface area (Å²) in [5, 5.41) is 7.80. The van der Waals surface area contributed by atoms with Crippen molar-refractivity contribution in [2.24, 2.45) is 0 Å². The summed E-state index contributed by atoms with van der Waals surface area (Å²) in [5.74, 6) is 0. The van der Waals surface area contributed by atoms with Crippen LogP contribution in [0.3, 0.4) is 0 Å². The predicted molar refractivity (Wildman–Crippen MR) is 60.1 cm³/mol. The van der Waals surface area contributed by atoms with Gasteiger partial charge in [0.05, 0.1) is 18.3 Å². The Labute approximate surface area is 97.4 Å². The Kier molecular flexibility index (Phi) is 2.49. The van der Waals surface area contributed by atoms with Gasteiger partial charge in [0.1, 0.15) is 0 Å². The van der Waals surface area contributed by atoms with Crippen LogP contribution in [0.25, 0.3) is 5.69 Å². The Morgan fingerprint density at radius 3 is 2.76 bits per heavy atom. The molecule has 6 nitrogen and oxygen atoms in total. The molecule has 1 unspecified atom stereocenters. The van der Waals surface area contributed by atoms with E-state index in [4.69, 9.17) is 4.74 Å². The largest absolute Gasteiger partial charge is 0.379 e. The quantitative estimate of drug-likeness (QED) is 0.751.